The number of aromatic nitrogens is 2. The molecule has 10 nitrogen and oxygen atoms in total. The quantitative estimate of drug-likeness (QED) is 0.570. The van der Waals surface area contributed by atoms with E-state index in [0.717, 1.165) is 31.4 Å². The van der Waals surface area contributed by atoms with Gasteiger partial charge < -0.3 is 15.2 Å². The van der Waals surface area contributed by atoms with Gasteiger partial charge >= 0.3 is 6.03 Å². The second kappa shape index (κ2) is 10.4. The van der Waals surface area contributed by atoms with Crippen LogP contribution in [0.1, 0.15) is 46.4 Å². The number of ether oxygens (including phenoxy) is 1. The van der Waals surface area contributed by atoms with Crippen molar-refractivity contribution in [2.75, 3.05) is 41.8 Å². The number of rotatable bonds is 6. The molecule has 2 aromatic rings. The van der Waals surface area contributed by atoms with Crippen LogP contribution < -0.4 is 15.5 Å². The molecule has 1 atom stereocenters. The number of aldehydes is 1. The Morgan fingerprint density at radius 3 is 3.00 bits per heavy atom. The van der Waals surface area contributed by atoms with Gasteiger partial charge in [0.2, 0.25) is 0 Å². The van der Waals surface area contributed by atoms with Crippen LogP contribution in [0.2, 0.25) is 0 Å². The highest BCUT2D eigenvalue weighted by molar-refractivity contribution is 6.01. The van der Waals surface area contributed by atoms with Crippen molar-refractivity contribution in [3.05, 3.63) is 40.7 Å². The molecule has 0 spiro atoms. The Labute approximate surface area is 191 Å². The van der Waals surface area contributed by atoms with Gasteiger partial charge in [0, 0.05) is 37.5 Å². The van der Waals surface area contributed by atoms with E-state index in [2.05, 4.69) is 26.7 Å². The SMILES string of the molecule is N#Cc1cnc(NC(=O)N2CCCc3cc(CO)c(C=O)nc32)cc1NCC1CCCOC1. The van der Waals surface area contributed by atoms with E-state index in [-0.39, 0.29) is 12.3 Å². The van der Waals surface area contributed by atoms with Gasteiger partial charge in [0.05, 0.1) is 24.5 Å². The van der Waals surface area contributed by atoms with E-state index in [4.69, 9.17) is 4.74 Å². The fourth-order valence-electron chi connectivity index (χ4n) is 4.14. The summed E-state index contributed by atoms with van der Waals surface area (Å²) in [5.41, 5.74) is 2.35. The van der Waals surface area contributed by atoms with Crippen LogP contribution in [0.5, 0.6) is 0 Å². The number of nitrogens with one attached hydrogen (secondary N) is 2. The number of carbonyl (C=O) groups excluding carboxylic acids is 2. The third-order valence-electron chi connectivity index (χ3n) is 5.90. The van der Waals surface area contributed by atoms with Gasteiger partial charge in [-0.15, -0.1) is 0 Å². The molecule has 0 aromatic carbocycles. The first kappa shape index (κ1) is 22.6. The maximum absolute atomic E-state index is 13.1. The molecule has 1 saturated heterocycles. The summed E-state index contributed by atoms with van der Waals surface area (Å²) in [5.74, 6) is 1.07. The van der Waals surface area contributed by atoms with Gasteiger partial charge in [-0.05, 0) is 43.2 Å². The van der Waals surface area contributed by atoms with Crippen molar-refractivity contribution >= 4 is 29.6 Å². The predicted octanol–water partition coefficient (Wildman–Crippen LogP) is 2.48. The van der Waals surface area contributed by atoms with E-state index < -0.39 is 6.03 Å². The van der Waals surface area contributed by atoms with Gasteiger partial charge in [-0.1, -0.05) is 0 Å². The molecule has 1 fully saturated rings. The Morgan fingerprint density at radius 1 is 1.39 bits per heavy atom. The van der Waals surface area contributed by atoms with Gasteiger partial charge in [-0.2, -0.15) is 5.26 Å². The molecule has 172 valence electrons. The Bertz CT molecular complexity index is 1080. The lowest BCUT2D eigenvalue weighted by atomic mass is 10.0. The van der Waals surface area contributed by atoms with Gasteiger partial charge in [0.25, 0.3) is 0 Å². The van der Waals surface area contributed by atoms with Gasteiger partial charge in [-0.3, -0.25) is 15.0 Å². The highest BCUT2D eigenvalue weighted by Gasteiger charge is 2.26. The highest BCUT2D eigenvalue weighted by Crippen LogP contribution is 2.28. The maximum atomic E-state index is 13.1. The Balaban J connectivity index is 1.51. The summed E-state index contributed by atoms with van der Waals surface area (Å²) >= 11 is 0. The van der Waals surface area contributed by atoms with Gasteiger partial charge in [0.1, 0.15) is 23.4 Å². The number of fused-ring (bicyclic) bond motifs is 1. The average molecular weight is 450 g/mol. The Hall–Kier alpha value is -3.55. The third-order valence-corrected chi connectivity index (χ3v) is 5.90. The summed E-state index contributed by atoms with van der Waals surface area (Å²) in [6.07, 6.45) is 5.51. The van der Waals surface area contributed by atoms with E-state index in [1.807, 2.05) is 0 Å². The monoisotopic (exact) mass is 450 g/mol. The molecule has 4 heterocycles. The summed E-state index contributed by atoms with van der Waals surface area (Å²) in [6.45, 7) is 2.28. The molecule has 4 rings (SSSR count). The van der Waals surface area contributed by atoms with E-state index in [1.54, 1.807) is 12.1 Å². The van der Waals surface area contributed by atoms with Crippen molar-refractivity contribution in [1.82, 2.24) is 9.97 Å². The summed E-state index contributed by atoms with van der Waals surface area (Å²) < 4.78 is 5.51. The fraction of sp³-hybridized carbons (Fsp3) is 0.435. The molecule has 3 N–H and O–H groups in total. The zero-order valence-electron chi connectivity index (χ0n) is 18.2. The van der Waals surface area contributed by atoms with Crippen LogP contribution in [-0.2, 0) is 17.8 Å². The minimum atomic E-state index is -0.430. The number of urea groups is 1. The van der Waals surface area contributed by atoms with Gasteiger partial charge in [0.15, 0.2) is 6.29 Å². The first-order chi connectivity index (χ1) is 16.1. The topological polar surface area (TPSA) is 140 Å². The number of aryl methyl sites for hydroxylation is 1. The highest BCUT2D eigenvalue weighted by atomic mass is 16.5. The number of carbonyl (C=O) groups is 2. The number of hydrogen-bond donors (Lipinski definition) is 3. The molecule has 33 heavy (non-hydrogen) atoms. The standard InChI is InChI=1S/C23H26N6O4/c24-9-18-11-26-21(8-19(18)25-10-15-3-2-6-33-14-15)28-23(32)29-5-1-4-16-7-17(12-30)20(13-31)27-22(16)29/h7-8,11,13,15,30H,1-6,10,12,14H2,(H2,25,26,28,32). The second-order valence-corrected chi connectivity index (χ2v) is 8.17. The molecule has 0 bridgehead atoms. The van der Waals surface area contributed by atoms with Gasteiger partial charge in [-0.25, -0.2) is 14.8 Å². The normalized spacial score (nSPS) is 17.6. The van der Waals surface area contributed by atoms with Crippen LogP contribution in [-0.4, -0.2) is 53.7 Å². The number of hydrogen-bond acceptors (Lipinski definition) is 8. The lowest BCUT2D eigenvalue weighted by Gasteiger charge is -2.29. The lowest BCUT2D eigenvalue weighted by molar-refractivity contribution is 0.0595. The Kier molecular flexibility index (Phi) is 7.12. The molecule has 0 radical (unpaired) electrons. The van der Waals surface area contributed by atoms with E-state index in [9.17, 15) is 20.0 Å². The van der Waals surface area contributed by atoms with Crippen LogP contribution in [0.4, 0.5) is 22.1 Å². The van der Waals surface area contributed by atoms with Crippen molar-refractivity contribution in [3.63, 3.8) is 0 Å². The average Bonchev–Trinajstić information content (AvgIpc) is 2.86. The van der Waals surface area contributed by atoms with Crippen LogP contribution >= 0.6 is 0 Å². The number of nitriles is 1. The smallest absolute Gasteiger partial charge is 0.328 e. The molecular weight excluding hydrogens is 424 g/mol. The van der Waals surface area contributed by atoms with E-state index in [1.165, 1.54) is 11.1 Å². The number of aliphatic hydroxyl groups is 1. The lowest BCUT2D eigenvalue weighted by Crippen LogP contribution is -2.40. The first-order valence-electron chi connectivity index (χ1n) is 11.0. The number of nitrogens with zero attached hydrogens (tertiary/aromatic N) is 4. The second-order valence-electron chi connectivity index (χ2n) is 8.17. The summed E-state index contributed by atoms with van der Waals surface area (Å²) in [4.78, 5) is 34.4. The van der Waals surface area contributed by atoms with Crippen molar-refractivity contribution in [2.45, 2.75) is 32.3 Å². The van der Waals surface area contributed by atoms with Crippen LogP contribution in [0.25, 0.3) is 0 Å². The molecule has 0 saturated carbocycles. The summed E-state index contributed by atoms with van der Waals surface area (Å²) in [6, 6.07) is 5.06. The zero-order valence-corrected chi connectivity index (χ0v) is 18.2. The largest absolute Gasteiger partial charge is 0.392 e. The minimum absolute atomic E-state index is 0.116. The molecule has 1 unspecified atom stereocenters. The molecular formula is C23H26N6O4. The van der Waals surface area contributed by atoms with E-state index >= 15 is 0 Å². The number of anilines is 3. The number of pyridine rings is 2. The van der Waals surface area contributed by atoms with E-state index in [0.29, 0.717) is 66.8 Å². The van der Waals surface area contributed by atoms with Crippen molar-refractivity contribution in [1.29, 1.82) is 5.26 Å². The Morgan fingerprint density at radius 2 is 2.27 bits per heavy atom. The maximum Gasteiger partial charge on any atom is 0.328 e. The molecule has 2 amide bonds. The van der Waals surface area contributed by atoms with Crippen LogP contribution in [0.3, 0.4) is 0 Å². The van der Waals surface area contributed by atoms with Crippen LogP contribution in [0.15, 0.2) is 18.3 Å². The molecule has 2 aliphatic heterocycles. The number of aliphatic hydroxyl groups excluding tert-OH is 1. The molecule has 0 aliphatic carbocycles. The summed E-state index contributed by atoms with van der Waals surface area (Å²) in [7, 11) is 0. The van der Waals surface area contributed by atoms with Crippen molar-refractivity contribution < 1.29 is 19.4 Å². The molecule has 10 heteroatoms. The number of amides is 2. The molecule has 2 aliphatic rings. The first-order valence-corrected chi connectivity index (χ1v) is 11.0. The molecule has 2 aromatic heterocycles. The fourth-order valence-corrected chi connectivity index (χ4v) is 4.14. The van der Waals surface area contributed by atoms with Crippen molar-refractivity contribution in [3.8, 4) is 6.07 Å². The predicted molar refractivity (Wildman–Crippen MR) is 121 cm³/mol. The van der Waals surface area contributed by atoms with Crippen LogP contribution in [0, 0.1) is 17.2 Å². The minimum Gasteiger partial charge on any atom is -0.392 e. The zero-order chi connectivity index (χ0) is 23.2. The van der Waals surface area contributed by atoms with Crippen molar-refractivity contribution in [2.24, 2.45) is 5.92 Å². The third kappa shape index (κ3) is 5.10. The summed E-state index contributed by atoms with van der Waals surface area (Å²) in [5, 5.41) is 25.0.